The zero-order valence-electron chi connectivity index (χ0n) is 12.3. The molecule has 0 radical (unpaired) electrons. The van der Waals surface area contributed by atoms with E-state index >= 15 is 0 Å². The molecule has 19 heavy (non-hydrogen) atoms. The Labute approximate surface area is 114 Å². The number of nitrogens with zero attached hydrogens (tertiary/aromatic N) is 4. The first-order valence-corrected chi connectivity index (χ1v) is 6.59. The smallest absolute Gasteiger partial charge is 0.216 e. The quantitative estimate of drug-likeness (QED) is 0.884. The first kappa shape index (κ1) is 13.7. The van der Waals surface area contributed by atoms with Crippen molar-refractivity contribution in [1.82, 2.24) is 14.7 Å². The van der Waals surface area contributed by atoms with Gasteiger partial charge in [0.25, 0.3) is 0 Å². The van der Waals surface area contributed by atoms with Crippen molar-refractivity contribution in [3.63, 3.8) is 0 Å². The summed E-state index contributed by atoms with van der Waals surface area (Å²) < 4.78 is 7.25. The molecule has 0 fully saturated rings. The standard InChI is InChI=1S/C13H23N5O/c1-8(2)7-18-10(6-15-13(18)14)11-9(3)16-17(4)12(11)19-5/h8,10H,6-7H2,1-5H3,(H2,14,15). The first-order valence-electron chi connectivity index (χ1n) is 6.59. The van der Waals surface area contributed by atoms with E-state index in [1.54, 1.807) is 11.8 Å². The molecular formula is C13H23N5O. The van der Waals surface area contributed by atoms with E-state index in [1.165, 1.54) is 0 Å². The maximum atomic E-state index is 6.01. The van der Waals surface area contributed by atoms with Crippen LogP contribution < -0.4 is 10.5 Å². The van der Waals surface area contributed by atoms with E-state index in [0.717, 1.165) is 23.7 Å². The van der Waals surface area contributed by atoms with Gasteiger partial charge in [-0.15, -0.1) is 0 Å². The van der Waals surface area contributed by atoms with Crippen LogP contribution in [-0.2, 0) is 7.05 Å². The Morgan fingerprint density at radius 2 is 2.16 bits per heavy atom. The highest BCUT2D eigenvalue weighted by atomic mass is 16.5. The molecular weight excluding hydrogens is 242 g/mol. The van der Waals surface area contributed by atoms with E-state index in [1.807, 2.05) is 14.0 Å². The molecule has 1 unspecified atom stereocenters. The highest BCUT2D eigenvalue weighted by Gasteiger charge is 2.33. The van der Waals surface area contributed by atoms with Crippen LogP contribution in [0.15, 0.2) is 4.99 Å². The zero-order valence-corrected chi connectivity index (χ0v) is 12.3. The van der Waals surface area contributed by atoms with Crippen LogP contribution in [0, 0.1) is 12.8 Å². The number of aromatic nitrogens is 2. The highest BCUT2D eigenvalue weighted by molar-refractivity contribution is 5.80. The van der Waals surface area contributed by atoms with Gasteiger partial charge in [-0.25, -0.2) is 4.68 Å². The second-order valence-electron chi connectivity index (χ2n) is 5.39. The fourth-order valence-electron chi connectivity index (χ4n) is 2.67. The van der Waals surface area contributed by atoms with E-state index in [0.29, 0.717) is 18.4 Å². The summed E-state index contributed by atoms with van der Waals surface area (Å²) >= 11 is 0. The minimum atomic E-state index is 0.131. The largest absolute Gasteiger partial charge is 0.481 e. The van der Waals surface area contributed by atoms with Gasteiger partial charge in [0, 0.05) is 13.6 Å². The fourth-order valence-corrected chi connectivity index (χ4v) is 2.67. The Kier molecular flexibility index (Phi) is 3.68. The summed E-state index contributed by atoms with van der Waals surface area (Å²) in [5.74, 6) is 1.93. The Hall–Kier alpha value is -1.72. The van der Waals surface area contributed by atoms with Crippen LogP contribution in [0.1, 0.15) is 31.1 Å². The van der Waals surface area contributed by atoms with Crippen LogP contribution in [0.3, 0.4) is 0 Å². The van der Waals surface area contributed by atoms with Gasteiger partial charge in [-0.3, -0.25) is 4.99 Å². The van der Waals surface area contributed by atoms with Crippen LogP contribution >= 0.6 is 0 Å². The fraction of sp³-hybridized carbons (Fsp3) is 0.692. The van der Waals surface area contributed by atoms with Gasteiger partial charge in [-0.1, -0.05) is 13.8 Å². The maximum Gasteiger partial charge on any atom is 0.216 e. The number of aryl methyl sites for hydroxylation is 2. The Morgan fingerprint density at radius 1 is 1.47 bits per heavy atom. The van der Waals surface area contributed by atoms with E-state index < -0.39 is 0 Å². The lowest BCUT2D eigenvalue weighted by Crippen LogP contribution is -2.38. The lowest BCUT2D eigenvalue weighted by atomic mass is 10.1. The van der Waals surface area contributed by atoms with Gasteiger partial charge in [0.2, 0.25) is 5.88 Å². The molecule has 106 valence electrons. The number of methoxy groups -OCH3 is 1. The summed E-state index contributed by atoms with van der Waals surface area (Å²) in [4.78, 5) is 6.53. The molecule has 2 heterocycles. The summed E-state index contributed by atoms with van der Waals surface area (Å²) in [5, 5.41) is 4.44. The summed E-state index contributed by atoms with van der Waals surface area (Å²) in [7, 11) is 3.56. The third-order valence-electron chi connectivity index (χ3n) is 3.40. The Balaban J connectivity index is 2.36. The normalized spacial score (nSPS) is 19.2. The van der Waals surface area contributed by atoms with Crippen molar-refractivity contribution in [1.29, 1.82) is 0 Å². The van der Waals surface area contributed by atoms with E-state index in [-0.39, 0.29) is 6.04 Å². The van der Waals surface area contributed by atoms with Crippen molar-refractivity contribution < 1.29 is 4.74 Å². The van der Waals surface area contributed by atoms with Gasteiger partial charge in [0.15, 0.2) is 5.96 Å². The maximum absolute atomic E-state index is 6.01. The number of rotatable bonds is 4. The topological polar surface area (TPSA) is 68.7 Å². The summed E-state index contributed by atoms with van der Waals surface area (Å²) in [5.41, 5.74) is 8.08. The van der Waals surface area contributed by atoms with Gasteiger partial charge < -0.3 is 15.4 Å². The van der Waals surface area contributed by atoms with Crippen LogP contribution in [-0.4, -0.2) is 40.8 Å². The van der Waals surface area contributed by atoms with Gasteiger partial charge >= 0.3 is 0 Å². The molecule has 1 aromatic heterocycles. The summed E-state index contributed by atoms with van der Waals surface area (Å²) in [6, 6.07) is 0.131. The molecule has 0 aromatic carbocycles. The first-order chi connectivity index (χ1) is 8.95. The summed E-state index contributed by atoms with van der Waals surface area (Å²) in [6.07, 6.45) is 0. The molecule has 6 heteroatoms. The number of nitrogens with two attached hydrogens (primary N) is 1. The van der Waals surface area contributed by atoms with E-state index in [2.05, 4.69) is 28.8 Å². The van der Waals surface area contributed by atoms with Crippen molar-refractivity contribution in [3.05, 3.63) is 11.3 Å². The number of guanidine groups is 1. The molecule has 0 spiro atoms. The molecule has 0 saturated heterocycles. The van der Waals surface area contributed by atoms with Gasteiger partial charge in [0.05, 0.1) is 31.0 Å². The van der Waals surface area contributed by atoms with Crippen molar-refractivity contribution in [2.45, 2.75) is 26.8 Å². The Morgan fingerprint density at radius 3 is 2.74 bits per heavy atom. The monoisotopic (exact) mass is 265 g/mol. The van der Waals surface area contributed by atoms with Crippen molar-refractivity contribution in [2.75, 3.05) is 20.2 Å². The lowest BCUT2D eigenvalue weighted by molar-refractivity contribution is 0.295. The second-order valence-corrected chi connectivity index (χ2v) is 5.39. The predicted octanol–water partition coefficient (Wildman–Crippen LogP) is 1.06. The number of aliphatic imine (C=N–C) groups is 1. The number of hydrogen-bond acceptors (Lipinski definition) is 5. The van der Waals surface area contributed by atoms with Gasteiger partial charge in [-0.2, -0.15) is 5.10 Å². The zero-order chi connectivity index (χ0) is 14.2. The average molecular weight is 265 g/mol. The molecule has 6 nitrogen and oxygen atoms in total. The molecule has 1 aromatic rings. The molecule has 1 aliphatic heterocycles. The third kappa shape index (κ3) is 2.39. The third-order valence-corrected chi connectivity index (χ3v) is 3.40. The molecule has 2 rings (SSSR count). The molecule has 1 atom stereocenters. The van der Waals surface area contributed by atoms with Crippen LogP contribution in [0.25, 0.3) is 0 Å². The predicted molar refractivity (Wildman–Crippen MR) is 75.3 cm³/mol. The van der Waals surface area contributed by atoms with Gasteiger partial charge in [0.1, 0.15) is 0 Å². The molecule has 0 aliphatic carbocycles. The molecule has 1 aliphatic rings. The molecule has 0 saturated carbocycles. The van der Waals surface area contributed by atoms with E-state index in [4.69, 9.17) is 10.5 Å². The number of ether oxygens (including phenoxy) is 1. The number of hydrogen-bond donors (Lipinski definition) is 1. The van der Waals surface area contributed by atoms with Crippen LogP contribution in [0.4, 0.5) is 0 Å². The second kappa shape index (κ2) is 5.11. The minimum absolute atomic E-state index is 0.131. The van der Waals surface area contributed by atoms with Crippen molar-refractivity contribution in [3.8, 4) is 5.88 Å². The SMILES string of the molecule is COc1c(C2CN=C(N)N2CC(C)C)c(C)nn1C. The highest BCUT2D eigenvalue weighted by Crippen LogP contribution is 2.34. The minimum Gasteiger partial charge on any atom is -0.481 e. The summed E-state index contributed by atoms with van der Waals surface area (Å²) in [6.45, 7) is 7.91. The van der Waals surface area contributed by atoms with Crippen LogP contribution in [0.2, 0.25) is 0 Å². The average Bonchev–Trinajstić information content (AvgIpc) is 2.80. The molecule has 2 N–H and O–H groups in total. The van der Waals surface area contributed by atoms with Crippen molar-refractivity contribution >= 4 is 5.96 Å². The molecule has 0 bridgehead atoms. The Bertz CT molecular complexity index is 491. The van der Waals surface area contributed by atoms with Gasteiger partial charge in [-0.05, 0) is 12.8 Å². The van der Waals surface area contributed by atoms with E-state index in [9.17, 15) is 0 Å². The van der Waals surface area contributed by atoms with Crippen LogP contribution in [0.5, 0.6) is 5.88 Å². The molecule has 0 amide bonds. The lowest BCUT2D eigenvalue weighted by Gasteiger charge is -2.28. The van der Waals surface area contributed by atoms with Crippen molar-refractivity contribution in [2.24, 2.45) is 23.7 Å².